The Morgan fingerprint density at radius 3 is 1.06 bits per heavy atom. The van der Waals surface area contributed by atoms with Crippen LogP contribution in [0.15, 0.2) is 24.3 Å². The third-order valence-corrected chi connectivity index (χ3v) is 12.9. The van der Waals surface area contributed by atoms with Crippen molar-refractivity contribution in [2.75, 3.05) is 0 Å². The van der Waals surface area contributed by atoms with Crippen molar-refractivity contribution in [1.29, 1.82) is 0 Å². The molecule has 0 aromatic heterocycles. The molecule has 2 fully saturated rings. The van der Waals surface area contributed by atoms with Crippen LogP contribution >= 0.6 is 11.8 Å². The summed E-state index contributed by atoms with van der Waals surface area (Å²) in [4.78, 5) is 24.8. The molecule has 0 amide bonds. The van der Waals surface area contributed by atoms with Gasteiger partial charge in [0.25, 0.3) is 0 Å². The van der Waals surface area contributed by atoms with Gasteiger partial charge in [0.05, 0.1) is 12.8 Å². The smallest absolute Gasteiger partial charge is 0.303 e. The Labute approximate surface area is 299 Å². The quantitative estimate of drug-likeness (QED) is 0.217. The molecule has 6 atom stereocenters. The number of carboxylic acids is 2. The molecule has 272 valence electrons. The largest absolute Gasteiger partial charge is 0.507 e. The van der Waals surface area contributed by atoms with Gasteiger partial charge in [0.2, 0.25) is 0 Å². The van der Waals surface area contributed by atoms with Gasteiger partial charge in [-0.1, -0.05) is 107 Å². The molecule has 2 aliphatic heterocycles. The van der Waals surface area contributed by atoms with E-state index in [1.54, 1.807) is 0 Å². The number of hydrogen-bond acceptors (Lipinski definition) is 5. The Morgan fingerprint density at radius 2 is 0.837 bits per heavy atom. The fourth-order valence-electron chi connectivity index (χ4n) is 8.43. The zero-order valence-corrected chi connectivity index (χ0v) is 32.8. The molecule has 2 aromatic carbocycles. The lowest BCUT2D eigenvalue weighted by Crippen LogP contribution is -2.41. The van der Waals surface area contributed by atoms with Crippen molar-refractivity contribution >= 4 is 23.7 Å². The van der Waals surface area contributed by atoms with E-state index < -0.39 is 11.9 Å². The third-order valence-electron chi connectivity index (χ3n) is 11.0. The highest BCUT2D eigenvalue weighted by Gasteiger charge is 2.46. The second-order valence-electron chi connectivity index (χ2n) is 19.0. The molecule has 4 rings (SSSR count). The number of hydrogen-bond donors (Lipinski definition) is 4. The molecule has 2 bridgehead atoms. The van der Waals surface area contributed by atoms with Gasteiger partial charge in [0, 0.05) is 10.5 Å². The van der Waals surface area contributed by atoms with E-state index in [2.05, 4.69) is 107 Å². The molecule has 6 unspecified atom stereocenters. The van der Waals surface area contributed by atoms with Gasteiger partial charge in [0.15, 0.2) is 0 Å². The Kier molecular flexibility index (Phi) is 11.0. The van der Waals surface area contributed by atoms with Crippen LogP contribution < -0.4 is 0 Å². The predicted molar refractivity (Wildman–Crippen MR) is 202 cm³/mol. The monoisotopic (exact) mass is 694 g/mol. The van der Waals surface area contributed by atoms with E-state index in [9.17, 15) is 30.0 Å². The lowest BCUT2D eigenvalue weighted by molar-refractivity contribution is -0.138. The first kappa shape index (κ1) is 39.1. The van der Waals surface area contributed by atoms with E-state index in [-0.39, 0.29) is 68.7 Å². The number of fused-ring (bicyclic) bond motifs is 2. The number of aliphatic carboxylic acids is 2. The summed E-state index contributed by atoms with van der Waals surface area (Å²) in [7, 11) is 0. The maximum atomic E-state index is 12.4. The number of carbonyl (C=O) groups is 2. The molecular formula is C42H62O6S. The molecule has 2 aliphatic rings. The van der Waals surface area contributed by atoms with Crippen LogP contribution in [0.25, 0.3) is 0 Å². The topological polar surface area (TPSA) is 115 Å². The predicted octanol–water partition coefficient (Wildman–Crippen LogP) is 10.4. The van der Waals surface area contributed by atoms with Gasteiger partial charge in [-0.05, 0) is 104 Å². The summed E-state index contributed by atoms with van der Waals surface area (Å²) >= 11 is 1.95. The van der Waals surface area contributed by atoms with E-state index in [4.69, 9.17) is 0 Å². The van der Waals surface area contributed by atoms with Gasteiger partial charge in [-0.25, -0.2) is 0 Å². The maximum absolute atomic E-state index is 12.4. The summed E-state index contributed by atoms with van der Waals surface area (Å²) in [6, 6.07) is 8.25. The minimum Gasteiger partial charge on any atom is -0.507 e. The average Bonchev–Trinajstić information content (AvgIpc) is 2.93. The minimum absolute atomic E-state index is 0.0358. The molecule has 7 heteroatoms. The van der Waals surface area contributed by atoms with Crippen LogP contribution in [-0.4, -0.2) is 42.9 Å². The second-order valence-corrected chi connectivity index (χ2v) is 20.5. The van der Waals surface area contributed by atoms with E-state index in [0.29, 0.717) is 11.5 Å². The first-order valence-electron chi connectivity index (χ1n) is 18.2. The number of aromatic hydroxyl groups is 2. The molecule has 49 heavy (non-hydrogen) atoms. The highest BCUT2D eigenvalue weighted by atomic mass is 32.2. The van der Waals surface area contributed by atoms with Gasteiger partial charge in [0.1, 0.15) is 11.5 Å². The van der Waals surface area contributed by atoms with E-state index in [0.717, 1.165) is 59.1 Å². The van der Waals surface area contributed by atoms with Gasteiger partial charge in [-0.15, -0.1) is 0 Å². The molecule has 0 spiro atoms. The zero-order chi connectivity index (χ0) is 37.0. The standard InChI is InChI=1S/C42H62O6S/c1-39(2,3)29-17-23(18-30(37(29)47)40(4,5)6)27(21-35(43)44)25-13-15-34-26(14-16-33(25)49-34)28(22-36(45)46)24-19-31(41(7,8)9)38(48)32(20-24)42(10,11)12/h17-20,25-28,33-34,47-48H,13-16,21-22H2,1-12H3,(H,43,44)(H,45,46). The van der Waals surface area contributed by atoms with Crippen molar-refractivity contribution < 1.29 is 30.0 Å². The fraction of sp³-hybridized carbons (Fsp3) is 0.667. The van der Waals surface area contributed by atoms with Crippen molar-refractivity contribution in [3.63, 3.8) is 0 Å². The highest BCUT2D eigenvalue weighted by Crippen LogP contribution is 2.56. The van der Waals surface area contributed by atoms with Crippen molar-refractivity contribution in [2.45, 2.75) is 166 Å². The van der Waals surface area contributed by atoms with Crippen LogP contribution in [0, 0.1) is 11.8 Å². The van der Waals surface area contributed by atoms with Gasteiger partial charge < -0.3 is 20.4 Å². The number of benzene rings is 2. The van der Waals surface area contributed by atoms with Crippen molar-refractivity contribution in [1.82, 2.24) is 0 Å². The van der Waals surface area contributed by atoms with Crippen molar-refractivity contribution in [3.8, 4) is 11.5 Å². The molecule has 2 saturated heterocycles. The minimum atomic E-state index is -0.813. The van der Waals surface area contributed by atoms with Crippen LogP contribution in [0.1, 0.15) is 167 Å². The lowest BCUT2D eigenvalue weighted by atomic mass is 9.68. The molecule has 4 N–H and O–H groups in total. The van der Waals surface area contributed by atoms with E-state index >= 15 is 0 Å². The molecule has 0 radical (unpaired) electrons. The SMILES string of the molecule is CC(C)(C)c1cc(C(CC(=O)O)C2CCC3SC2CCC3C(CC(=O)O)c2cc(C(C)(C)C)c(O)c(C(C)(C)C)c2)cc(C(C)(C)C)c1O. The van der Waals surface area contributed by atoms with Gasteiger partial charge in [-0.3, -0.25) is 9.59 Å². The third kappa shape index (κ3) is 8.63. The van der Waals surface area contributed by atoms with Gasteiger partial charge in [-0.2, -0.15) is 11.8 Å². The van der Waals surface area contributed by atoms with E-state index in [1.807, 2.05) is 11.8 Å². The molecule has 6 nitrogen and oxygen atoms in total. The summed E-state index contributed by atoms with van der Waals surface area (Å²) in [5, 5.41) is 43.7. The maximum Gasteiger partial charge on any atom is 0.303 e. The number of phenolic OH excluding ortho intramolecular Hbond substituents is 2. The first-order chi connectivity index (χ1) is 22.3. The highest BCUT2D eigenvalue weighted by molar-refractivity contribution is 8.00. The average molecular weight is 695 g/mol. The Balaban J connectivity index is 1.73. The Hall–Kier alpha value is -2.67. The van der Waals surface area contributed by atoms with Crippen LogP contribution in [0.2, 0.25) is 0 Å². The number of carboxylic acid groups (broad SMARTS) is 2. The molecule has 2 heterocycles. The van der Waals surface area contributed by atoms with Crippen LogP contribution in [0.3, 0.4) is 0 Å². The Bertz CT molecular complexity index is 1360. The first-order valence-corrected chi connectivity index (χ1v) is 19.1. The van der Waals surface area contributed by atoms with Crippen LogP contribution in [0.5, 0.6) is 11.5 Å². The summed E-state index contributed by atoms with van der Waals surface area (Å²) < 4.78 is 0. The summed E-state index contributed by atoms with van der Waals surface area (Å²) in [5.41, 5.74) is 4.15. The fourth-order valence-corrected chi connectivity index (χ4v) is 10.5. The van der Waals surface area contributed by atoms with Gasteiger partial charge >= 0.3 is 11.9 Å². The number of rotatable bonds is 8. The van der Waals surface area contributed by atoms with Crippen LogP contribution in [0.4, 0.5) is 0 Å². The molecule has 0 saturated carbocycles. The van der Waals surface area contributed by atoms with Crippen molar-refractivity contribution in [2.24, 2.45) is 11.8 Å². The normalized spacial score (nSPS) is 23.2. The summed E-state index contributed by atoms with van der Waals surface area (Å²) in [5.74, 6) is -1.07. The second kappa shape index (κ2) is 13.8. The number of phenols is 2. The van der Waals surface area contributed by atoms with Crippen molar-refractivity contribution in [3.05, 3.63) is 57.6 Å². The zero-order valence-electron chi connectivity index (χ0n) is 32.0. The molecule has 2 aromatic rings. The molecular weight excluding hydrogens is 633 g/mol. The summed E-state index contributed by atoms with van der Waals surface area (Å²) in [6.07, 6.45) is 3.62. The lowest BCUT2D eigenvalue weighted by Gasteiger charge is -2.48. The van der Waals surface area contributed by atoms with Crippen LogP contribution in [-0.2, 0) is 31.2 Å². The molecule has 0 aliphatic carbocycles. The Morgan fingerprint density at radius 1 is 0.571 bits per heavy atom. The summed E-state index contributed by atoms with van der Waals surface area (Å²) in [6.45, 7) is 25.0. The number of thioether (sulfide) groups is 1. The van der Waals surface area contributed by atoms with E-state index in [1.165, 1.54) is 0 Å².